The zero-order valence-electron chi connectivity index (χ0n) is 13.8. The molecule has 2 aromatic heterocycles. The number of furan rings is 1. The molecule has 6 nitrogen and oxygen atoms in total. The van der Waals surface area contributed by atoms with Gasteiger partial charge >= 0.3 is 0 Å². The van der Waals surface area contributed by atoms with Gasteiger partial charge in [-0.1, -0.05) is 0 Å². The molecule has 0 aliphatic carbocycles. The highest BCUT2D eigenvalue weighted by Crippen LogP contribution is 2.25. The molecule has 1 atom stereocenters. The summed E-state index contributed by atoms with van der Waals surface area (Å²) in [5.41, 5.74) is 2.20. The number of nitrogens with zero attached hydrogens (tertiary/aromatic N) is 3. The van der Waals surface area contributed by atoms with Gasteiger partial charge in [-0.2, -0.15) is 5.10 Å². The Morgan fingerprint density at radius 3 is 3.13 bits per heavy atom. The van der Waals surface area contributed by atoms with Gasteiger partial charge in [0.1, 0.15) is 5.76 Å². The number of aromatic nitrogens is 2. The molecule has 0 saturated carbocycles. The average Bonchev–Trinajstić information content (AvgIpc) is 3.19. The molecule has 1 amide bonds. The van der Waals surface area contributed by atoms with Crippen molar-refractivity contribution in [3.63, 3.8) is 0 Å². The predicted molar refractivity (Wildman–Crippen MR) is 86.9 cm³/mol. The van der Waals surface area contributed by atoms with Crippen molar-refractivity contribution in [1.29, 1.82) is 0 Å². The van der Waals surface area contributed by atoms with Crippen molar-refractivity contribution in [3.05, 3.63) is 41.6 Å². The molecule has 1 aliphatic heterocycles. The summed E-state index contributed by atoms with van der Waals surface area (Å²) in [5.74, 6) is 1.35. The fraction of sp³-hybridized carbons (Fsp3) is 0.529. The maximum Gasteiger partial charge on any atom is 0.236 e. The van der Waals surface area contributed by atoms with Crippen LogP contribution in [0.5, 0.6) is 0 Å². The number of H-pyrrole nitrogens is 1. The molecule has 1 aliphatic rings. The largest absolute Gasteiger partial charge is 0.467 e. The Morgan fingerprint density at radius 2 is 2.43 bits per heavy atom. The van der Waals surface area contributed by atoms with E-state index in [1.165, 1.54) is 0 Å². The minimum absolute atomic E-state index is 0.125. The van der Waals surface area contributed by atoms with E-state index >= 15 is 0 Å². The van der Waals surface area contributed by atoms with Crippen molar-refractivity contribution in [2.75, 3.05) is 26.7 Å². The number of aromatic amines is 1. The topological polar surface area (TPSA) is 65.4 Å². The van der Waals surface area contributed by atoms with Crippen molar-refractivity contribution >= 4 is 5.91 Å². The van der Waals surface area contributed by atoms with E-state index in [1.807, 2.05) is 26.1 Å². The van der Waals surface area contributed by atoms with Gasteiger partial charge in [0.2, 0.25) is 5.91 Å². The Hall–Kier alpha value is -2.08. The third kappa shape index (κ3) is 4.01. The quantitative estimate of drug-likeness (QED) is 0.918. The summed E-state index contributed by atoms with van der Waals surface area (Å²) >= 11 is 0. The summed E-state index contributed by atoms with van der Waals surface area (Å²) in [6, 6.07) is 5.84. The van der Waals surface area contributed by atoms with Crippen LogP contribution in [0.4, 0.5) is 0 Å². The van der Waals surface area contributed by atoms with E-state index in [1.54, 1.807) is 11.2 Å². The molecule has 3 heterocycles. The van der Waals surface area contributed by atoms with Gasteiger partial charge in [-0.3, -0.25) is 14.8 Å². The molecule has 0 radical (unpaired) electrons. The maximum absolute atomic E-state index is 12.4. The van der Waals surface area contributed by atoms with E-state index in [9.17, 15) is 4.79 Å². The molecule has 2 aromatic rings. The lowest BCUT2D eigenvalue weighted by atomic mass is 9.94. The molecule has 1 N–H and O–H groups in total. The molecular formula is C17H24N4O2. The second-order valence-corrected chi connectivity index (χ2v) is 6.38. The molecular weight excluding hydrogens is 292 g/mol. The van der Waals surface area contributed by atoms with Gasteiger partial charge in [0.05, 0.1) is 25.0 Å². The van der Waals surface area contributed by atoms with E-state index in [2.05, 4.69) is 21.2 Å². The number of hydrogen-bond acceptors (Lipinski definition) is 4. The molecule has 0 unspecified atom stereocenters. The molecule has 0 aromatic carbocycles. The number of hydrogen-bond donors (Lipinski definition) is 1. The summed E-state index contributed by atoms with van der Waals surface area (Å²) in [7, 11) is 1.82. The van der Waals surface area contributed by atoms with E-state index < -0.39 is 0 Å². The van der Waals surface area contributed by atoms with Crippen molar-refractivity contribution < 1.29 is 9.21 Å². The molecule has 3 rings (SSSR count). The van der Waals surface area contributed by atoms with E-state index in [0.29, 0.717) is 19.0 Å². The van der Waals surface area contributed by atoms with E-state index in [0.717, 1.165) is 43.1 Å². The van der Waals surface area contributed by atoms with Crippen molar-refractivity contribution in [2.45, 2.75) is 32.2 Å². The third-order valence-corrected chi connectivity index (χ3v) is 4.41. The number of amides is 1. The Balaban J connectivity index is 1.53. The van der Waals surface area contributed by atoms with Gasteiger partial charge in [0, 0.05) is 25.2 Å². The van der Waals surface area contributed by atoms with Crippen LogP contribution >= 0.6 is 0 Å². The van der Waals surface area contributed by atoms with Crippen molar-refractivity contribution in [1.82, 2.24) is 20.0 Å². The molecule has 1 fully saturated rings. The highest BCUT2D eigenvalue weighted by Gasteiger charge is 2.25. The number of rotatable bonds is 5. The monoisotopic (exact) mass is 316 g/mol. The first-order chi connectivity index (χ1) is 11.1. The van der Waals surface area contributed by atoms with Crippen molar-refractivity contribution in [2.24, 2.45) is 0 Å². The normalized spacial score (nSPS) is 19.0. The number of likely N-dealkylation sites (N-methyl/N-ethyl adjacent to an activating group) is 1. The van der Waals surface area contributed by atoms with E-state index in [4.69, 9.17) is 4.42 Å². The Kier molecular flexibility index (Phi) is 4.81. The first-order valence-electron chi connectivity index (χ1n) is 8.12. The minimum Gasteiger partial charge on any atom is -0.467 e. The summed E-state index contributed by atoms with van der Waals surface area (Å²) in [6.07, 6.45) is 3.87. The Morgan fingerprint density at radius 1 is 1.57 bits per heavy atom. The number of likely N-dealkylation sites (tertiary alicyclic amines) is 1. The van der Waals surface area contributed by atoms with Gasteiger partial charge in [-0.25, -0.2) is 0 Å². The first-order valence-corrected chi connectivity index (χ1v) is 8.12. The van der Waals surface area contributed by atoms with Crippen molar-refractivity contribution in [3.8, 4) is 0 Å². The zero-order chi connectivity index (χ0) is 16.2. The number of piperidine rings is 1. The van der Waals surface area contributed by atoms with Crippen LogP contribution < -0.4 is 0 Å². The zero-order valence-corrected chi connectivity index (χ0v) is 13.8. The van der Waals surface area contributed by atoms with Gasteiger partial charge in [-0.05, 0) is 44.5 Å². The van der Waals surface area contributed by atoms with Crippen LogP contribution in [-0.4, -0.2) is 52.6 Å². The summed E-state index contributed by atoms with van der Waals surface area (Å²) in [5, 5.41) is 7.39. The van der Waals surface area contributed by atoms with Gasteiger partial charge < -0.3 is 9.32 Å². The summed E-state index contributed by atoms with van der Waals surface area (Å²) in [4.78, 5) is 16.4. The van der Waals surface area contributed by atoms with Gasteiger partial charge in [-0.15, -0.1) is 0 Å². The average molecular weight is 316 g/mol. The van der Waals surface area contributed by atoms with Crippen LogP contribution in [0.15, 0.2) is 28.9 Å². The number of nitrogens with one attached hydrogen (secondary N) is 1. The first kappa shape index (κ1) is 15.8. The lowest BCUT2D eigenvalue weighted by Gasteiger charge is -2.32. The smallest absolute Gasteiger partial charge is 0.236 e. The standard InChI is InChI=1S/C17H24N4O2/c1-13-9-16(19-18-13)14-5-3-7-21(10-14)12-17(22)20(2)11-15-6-4-8-23-15/h4,6,8-9,14H,3,5,7,10-12H2,1-2H3,(H,18,19)/t14-/m1/s1. The van der Waals surface area contributed by atoms with Gasteiger partial charge in [0.15, 0.2) is 0 Å². The SMILES string of the molecule is Cc1cc([C@@H]2CCCN(CC(=O)N(C)Cc3ccco3)C2)n[nH]1. The van der Waals surface area contributed by atoms with Crippen LogP contribution in [0.25, 0.3) is 0 Å². The van der Waals surface area contributed by atoms with Crippen LogP contribution in [-0.2, 0) is 11.3 Å². The van der Waals surface area contributed by atoms with Crippen LogP contribution in [0, 0.1) is 6.92 Å². The van der Waals surface area contributed by atoms with Gasteiger partial charge in [0.25, 0.3) is 0 Å². The molecule has 23 heavy (non-hydrogen) atoms. The number of carbonyl (C=O) groups excluding carboxylic acids is 1. The maximum atomic E-state index is 12.4. The fourth-order valence-corrected chi connectivity index (χ4v) is 3.13. The minimum atomic E-state index is 0.125. The van der Waals surface area contributed by atoms with Crippen LogP contribution in [0.2, 0.25) is 0 Å². The molecule has 0 spiro atoms. The highest BCUT2D eigenvalue weighted by atomic mass is 16.3. The number of carbonyl (C=O) groups is 1. The second kappa shape index (κ2) is 7.00. The van der Waals surface area contributed by atoms with E-state index in [-0.39, 0.29) is 5.91 Å². The lowest BCUT2D eigenvalue weighted by Crippen LogP contribution is -2.42. The molecule has 0 bridgehead atoms. The molecule has 124 valence electrons. The highest BCUT2D eigenvalue weighted by molar-refractivity contribution is 5.77. The lowest BCUT2D eigenvalue weighted by molar-refractivity contribution is -0.132. The third-order valence-electron chi connectivity index (χ3n) is 4.41. The Bertz CT molecular complexity index is 635. The predicted octanol–water partition coefficient (Wildman–Crippen LogP) is 2.15. The number of aryl methyl sites for hydroxylation is 1. The molecule has 1 saturated heterocycles. The van der Waals surface area contributed by atoms with Crippen LogP contribution in [0.1, 0.15) is 35.9 Å². The Labute approximate surface area is 136 Å². The van der Waals surface area contributed by atoms with Crippen LogP contribution in [0.3, 0.4) is 0 Å². The second-order valence-electron chi connectivity index (χ2n) is 6.38. The fourth-order valence-electron chi connectivity index (χ4n) is 3.13. The molecule has 6 heteroatoms. The summed E-state index contributed by atoms with van der Waals surface area (Å²) < 4.78 is 5.30. The summed E-state index contributed by atoms with van der Waals surface area (Å²) in [6.45, 7) is 4.86.